The second-order valence-electron chi connectivity index (χ2n) is 5.01. The van der Waals surface area contributed by atoms with Gasteiger partial charge in [-0.25, -0.2) is 5.10 Å². The third kappa shape index (κ3) is 3.88. The summed E-state index contributed by atoms with van der Waals surface area (Å²) in [7, 11) is 1.72. The van der Waals surface area contributed by atoms with Gasteiger partial charge in [0.1, 0.15) is 0 Å². The highest BCUT2D eigenvalue weighted by atomic mass is 16.5. The van der Waals surface area contributed by atoms with E-state index in [2.05, 4.69) is 15.5 Å². The highest BCUT2D eigenvalue weighted by Gasteiger charge is 2.17. The summed E-state index contributed by atoms with van der Waals surface area (Å²) in [5, 5.41) is 10.2. The Balaban J connectivity index is 1.88. The monoisotopic (exact) mass is 265 g/mol. The number of nitrogens with zero attached hydrogens (tertiary/aromatic N) is 1. The van der Waals surface area contributed by atoms with Crippen molar-refractivity contribution in [2.24, 2.45) is 0 Å². The highest BCUT2D eigenvalue weighted by Crippen LogP contribution is 2.20. The predicted molar refractivity (Wildman–Crippen MR) is 74.6 cm³/mol. The summed E-state index contributed by atoms with van der Waals surface area (Å²) in [6, 6.07) is 0. The van der Waals surface area contributed by atoms with Crippen molar-refractivity contribution < 1.29 is 4.74 Å². The molecule has 0 fully saturated rings. The van der Waals surface area contributed by atoms with Crippen LogP contribution < -0.4 is 10.9 Å². The molecule has 1 aliphatic rings. The van der Waals surface area contributed by atoms with Gasteiger partial charge in [0.2, 0.25) is 0 Å². The van der Waals surface area contributed by atoms with E-state index in [9.17, 15) is 4.79 Å². The number of hydrogen-bond acceptors (Lipinski definition) is 4. The first-order valence-corrected chi connectivity index (χ1v) is 7.12. The average molecular weight is 265 g/mol. The second kappa shape index (κ2) is 7.40. The molecule has 0 bridgehead atoms. The van der Waals surface area contributed by atoms with Crippen LogP contribution in [-0.4, -0.2) is 37.0 Å². The molecule has 0 aliphatic heterocycles. The van der Waals surface area contributed by atoms with Crippen LogP contribution in [0.2, 0.25) is 0 Å². The molecule has 0 radical (unpaired) electrons. The number of nitrogens with one attached hydrogen (secondary N) is 2. The maximum absolute atomic E-state index is 11.7. The van der Waals surface area contributed by atoms with Gasteiger partial charge in [0.15, 0.2) is 0 Å². The highest BCUT2D eigenvalue weighted by molar-refractivity contribution is 5.30. The third-order valence-electron chi connectivity index (χ3n) is 3.62. The fourth-order valence-corrected chi connectivity index (χ4v) is 2.61. The average Bonchev–Trinajstić information content (AvgIpc) is 2.45. The zero-order chi connectivity index (χ0) is 13.5. The van der Waals surface area contributed by atoms with Crippen LogP contribution in [0, 0.1) is 0 Å². The fourth-order valence-electron chi connectivity index (χ4n) is 2.61. The Morgan fingerprint density at radius 2 is 2.05 bits per heavy atom. The van der Waals surface area contributed by atoms with Crippen LogP contribution in [0.3, 0.4) is 0 Å². The van der Waals surface area contributed by atoms with E-state index in [0.29, 0.717) is 0 Å². The molecule has 1 aliphatic carbocycles. The molecule has 0 saturated heterocycles. The van der Waals surface area contributed by atoms with E-state index < -0.39 is 0 Å². The molecule has 1 aromatic rings. The molecular weight excluding hydrogens is 242 g/mol. The summed E-state index contributed by atoms with van der Waals surface area (Å²) in [5.74, 6) is 0. The lowest BCUT2D eigenvalue weighted by Gasteiger charge is -2.17. The molecule has 1 aromatic heterocycles. The van der Waals surface area contributed by atoms with Crippen LogP contribution in [0.1, 0.15) is 36.1 Å². The van der Waals surface area contributed by atoms with Gasteiger partial charge >= 0.3 is 0 Å². The first-order chi connectivity index (χ1) is 9.33. The van der Waals surface area contributed by atoms with E-state index >= 15 is 0 Å². The Morgan fingerprint density at radius 1 is 1.26 bits per heavy atom. The third-order valence-corrected chi connectivity index (χ3v) is 3.62. The zero-order valence-electron chi connectivity index (χ0n) is 11.6. The van der Waals surface area contributed by atoms with Gasteiger partial charge in [-0.1, -0.05) is 0 Å². The molecule has 0 aromatic carbocycles. The van der Waals surface area contributed by atoms with Gasteiger partial charge in [-0.2, -0.15) is 5.10 Å². The number of fused-ring (bicyclic) bond motifs is 1. The minimum absolute atomic E-state index is 0.00602. The number of H-pyrrole nitrogens is 1. The maximum Gasteiger partial charge on any atom is 0.267 e. The smallest absolute Gasteiger partial charge is 0.267 e. The number of hydrogen-bond donors (Lipinski definition) is 2. The normalized spacial score (nSPS) is 14.4. The van der Waals surface area contributed by atoms with Crippen molar-refractivity contribution in [3.63, 3.8) is 0 Å². The molecule has 5 nitrogen and oxygen atoms in total. The molecular formula is C14H23N3O2. The minimum atomic E-state index is 0.00602. The van der Waals surface area contributed by atoms with Crippen molar-refractivity contribution in [3.8, 4) is 0 Å². The molecule has 106 valence electrons. The Morgan fingerprint density at radius 3 is 2.84 bits per heavy atom. The molecule has 0 saturated carbocycles. The van der Waals surface area contributed by atoms with Crippen molar-refractivity contribution in [1.82, 2.24) is 15.5 Å². The minimum Gasteiger partial charge on any atom is -0.385 e. The van der Waals surface area contributed by atoms with E-state index in [1.165, 1.54) is 12.0 Å². The van der Waals surface area contributed by atoms with E-state index in [1.807, 2.05) is 0 Å². The Kier molecular flexibility index (Phi) is 5.54. The van der Waals surface area contributed by atoms with E-state index in [4.69, 9.17) is 4.74 Å². The lowest BCUT2D eigenvalue weighted by molar-refractivity contribution is 0.194. The van der Waals surface area contributed by atoms with Crippen molar-refractivity contribution in [3.05, 3.63) is 27.2 Å². The van der Waals surface area contributed by atoms with Crippen LogP contribution >= 0.6 is 0 Å². The van der Waals surface area contributed by atoms with Gasteiger partial charge in [-0.15, -0.1) is 0 Å². The lowest BCUT2D eigenvalue weighted by Crippen LogP contribution is -2.25. The fraction of sp³-hybridized carbons (Fsp3) is 0.714. The Hall–Kier alpha value is -1.20. The zero-order valence-corrected chi connectivity index (χ0v) is 11.6. The maximum atomic E-state index is 11.7. The van der Waals surface area contributed by atoms with E-state index in [1.54, 1.807) is 7.11 Å². The molecule has 2 rings (SSSR count). The van der Waals surface area contributed by atoms with Gasteiger partial charge in [0.25, 0.3) is 5.56 Å². The number of rotatable bonds is 7. The van der Waals surface area contributed by atoms with Crippen LogP contribution in [0.15, 0.2) is 4.79 Å². The van der Waals surface area contributed by atoms with Crippen molar-refractivity contribution in [2.75, 3.05) is 26.8 Å². The number of ether oxygens (including phenoxy) is 1. The molecule has 5 heteroatoms. The van der Waals surface area contributed by atoms with Crippen LogP contribution in [-0.2, 0) is 24.0 Å². The second-order valence-corrected chi connectivity index (χ2v) is 5.01. The molecule has 0 atom stereocenters. The standard InChI is InChI=1S/C14H23N3O2/c1-19-10-4-8-15-9-7-13-11-5-2-3-6-12(11)14(18)17-16-13/h15H,2-10H2,1H3,(H,17,18). The summed E-state index contributed by atoms with van der Waals surface area (Å²) in [5.41, 5.74) is 3.24. The summed E-state index contributed by atoms with van der Waals surface area (Å²) < 4.78 is 5.00. The molecule has 2 N–H and O–H groups in total. The Labute approximate surface area is 113 Å². The van der Waals surface area contributed by atoms with Gasteiger partial charge in [-0.3, -0.25) is 4.79 Å². The topological polar surface area (TPSA) is 67.0 Å². The first kappa shape index (κ1) is 14.2. The van der Waals surface area contributed by atoms with Crippen LogP contribution in [0.5, 0.6) is 0 Å². The van der Waals surface area contributed by atoms with Crippen molar-refractivity contribution in [2.45, 2.75) is 38.5 Å². The molecule has 19 heavy (non-hydrogen) atoms. The predicted octanol–water partition coefficient (Wildman–Crippen LogP) is 0.817. The Bertz CT molecular complexity index is 456. The molecule has 0 unspecified atom stereocenters. The summed E-state index contributed by atoms with van der Waals surface area (Å²) in [6.45, 7) is 2.65. The molecule has 1 heterocycles. The molecule has 0 spiro atoms. The van der Waals surface area contributed by atoms with Crippen LogP contribution in [0.25, 0.3) is 0 Å². The summed E-state index contributed by atoms with van der Waals surface area (Å²) in [4.78, 5) is 11.7. The summed E-state index contributed by atoms with van der Waals surface area (Å²) in [6.07, 6.45) is 6.10. The number of aromatic nitrogens is 2. The van der Waals surface area contributed by atoms with E-state index in [0.717, 1.165) is 63.1 Å². The summed E-state index contributed by atoms with van der Waals surface area (Å²) >= 11 is 0. The number of methoxy groups -OCH3 is 1. The number of aromatic amines is 1. The van der Waals surface area contributed by atoms with Crippen LogP contribution in [0.4, 0.5) is 0 Å². The van der Waals surface area contributed by atoms with Gasteiger partial charge in [0, 0.05) is 32.2 Å². The van der Waals surface area contributed by atoms with Gasteiger partial charge in [0.05, 0.1) is 5.69 Å². The lowest BCUT2D eigenvalue weighted by atomic mass is 9.91. The first-order valence-electron chi connectivity index (χ1n) is 7.12. The molecule has 0 amide bonds. The van der Waals surface area contributed by atoms with Crippen molar-refractivity contribution >= 4 is 0 Å². The quantitative estimate of drug-likeness (QED) is 0.716. The van der Waals surface area contributed by atoms with Gasteiger partial charge in [-0.05, 0) is 44.2 Å². The van der Waals surface area contributed by atoms with Crippen molar-refractivity contribution in [1.29, 1.82) is 0 Å². The largest absolute Gasteiger partial charge is 0.385 e. The van der Waals surface area contributed by atoms with Gasteiger partial charge < -0.3 is 10.1 Å². The van der Waals surface area contributed by atoms with E-state index in [-0.39, 0.29) is 5.56 Å². The SMILES string of the molecule is COCCCNCCc1n[nH]c(=O)c2c1CCCC2.